The van der Waals surface area contributed by atoms with E-state index in [0.29, 0.717) is 28.4 Å². The maximum atomic E-state index is 11.9. The lowest BCUT2D eigenvalue weighted by Crippen LogP contribution is -2.17. The standard InChI is InChI=1S/C18H14N4O5/c1-26-13-4-6-15(16(9-13)22(24)25)17-7-5-14(27-17)11-20-21-18(23)12-3-2-8-19-10-12/h2-11H,1H3,(H,21,23)/b20-11+. The van der Waals surface area contributed by atoms with Gasteiger partial charge in [-0.3, -0.25) is 19.9 Å². The first-order chi connectivity index (χ1) is 13.1. The van der Waals surface area contributed by atoms with Gasteiger partial charge in [-0.15, -0.1) is 0 Å². The van der Waals surface area contributed by atoms with Crippen LogP contribution in [0.15, 0.2) is 64.4 Å². The third-order valence-corrected chi connectivity index (χ3v) is 3.58. The molecule has 0 aliphatic carbocycles. The molecule has 0 saturated carbocycles. The van der Waals surface area contributed by atoms with Gasteiger partial charge >= 0.3 is 0 Å². The smallest absolute Gasteiger partial charge is 0.284 e. The van der Waals surface area contributed by atoms with Crippen LogP contribution in [0, 0.1) is 10.1 Å². The molecule has 0 unspecified atom stereocenters. The highest BCUT2D eigenvalue weighted by Crippen LogP contribution is 2.33. The largest absolute Gasteiger partial charge is 0.497 e. The first-order valence-electron chi connectivity index (χ1n) is 7.74. The number of nitro groups is 1. The van der Waals surface area contributed by atoms with Crippen molar-refractivity contribution in [3.63, 3.8) is 0 Å². The predicted octanol–water partition coefficient (Wildman–Crippen LogP) is 3.02. The summed E-state index contributed by atoms with van der Waals surface area (Å²) in [6.07, 6.45) is 4.27. The zero-order valence-corrected chi connectivity index (χ0v) is 14.2. The lowest BCUT2D eigenvalue weighted by Gasteiger charge is -2.03. The van der Waals surface area contributed by atoms with Gasteiger partial charge in [0.05, 0.1) is 35.4 Å². The summed E-state index contributed by atoms with van der Waals surface area (Å²) >= 11 is 0. The van der Waals surface area contributed by atoms with E-state index in [1.807, 2.05) is 0 Å². The molecule has 3 rings (SSSR count). The number of pyridine rings is 1. The maximum absolute atomic E-state index is 11.9. The van der Waals surface area contributed by atoms with Crippen LogP contribution < -0.4 is 10.2 Å². The van der Waals surface area contributed by atoms with E-state index in [9.17, 15) is 14.9 Å². The van der Waals surface area contributed by atoms with Gasteiger partial charge in [0, 0.05) is 12.4 Å². The number of furan rings is 1. The summed E-state index contributed by atoms with van der Waals surface area (Å²) in [7, 11) is 1.43. The molecule has 0 aliphatic heterocycles. The molecule has 1 aromatic carbocycles. The Labute approximate surface area is 153 Å². The quantitative estimate of drug-likeness (QED) is 0.407. The molecule has 1 N–H and O–H groups in total. The number of ether oxygens (including phenoxy) is 1. The Kier molecular flexibility index (Phi) is 5.22. The monoisotopic (exact) mass is 366 g/mol. The number of hydrogen-bond acceptors (Lipinski definition) is 7. The van der Waals surface area contributed by atoms with E-state index in [-0.39, 0.29) is 5.69 Å². The molecule has 0 bridgehead atoms. The predicted molar refractivity (Wildman–Crippen MR) is 96.6 cm³/mol. The first-order valence-corrected chi connectivity index (χ1v) is 7.74. The molecule has 9 heteroatoms. The molecule has 1 amide bonds. The molecule has 2 aromatic heterocycles. The van der Waals surface area contributed by atoms with Gasteiger partial charge in [0.2, 0.25) is 0 Å². The van der Waals surface area contributed by atoms with Gasteiger partial charge in [-0.25, -0.2) is 5.43 Å². The third-order valence-electron chi connectivity index (χ3n) is 3.58. The highest BCUT2D eigenvalue weighted by Gasteiger charge is 2.19. The Morgan fingerprint density at radius 2 is 2.19 bits per heavy atom. The molecule has 27 heavy (non-hydrogen) atoms. The van der Waals surface area contributed by atoms with Crippen LogP contribution in [0.25, 0.3) is 11.3 Å². The fourth-order valence-corrected chi connectivity index (χ4v) is 2.28. The third kappa shape index (κ3) is 4.15. The molecule has 2 heterocycles. The van der Waals surface area contributed by atoms with Crippen LogP contribution >= 0.6 is 0 Å². The molecule has 3 aromatic rings. The van der Waals surface area contributed by atoms with E-state index in [0.717, 1.165) is 0 Å². The van der Waals surface area contributed by atoms with E-state index < -0.39 is 10.8 Å². The maximum Gasteiger partial charge on any atom is 0.284 e. The number of amides is 1. The number of carbonyl (C=O) groups is 1. The van der Waals surface area contributed by atoms with Crippen LogP contribution in [0.2, 0.25) is 0 Å². The molecule has 0 atom stereocenters. The summed E-state index contributed by atoms with van der Waals surface area (Å²) in [5.41, 5.74) is 2.88. The van der Waals surface area contributed by atoms with Crippen LogP contribution in [0.5, 0.6) is 5.75 Å². The second kappa shape index (κ2) is 7.91. The van der Waals surface area contributed by atoms with Gasteiger partial charge in [-0.2, -0.15) is 5.10 Å². The van der Waals surface area contributed by atoms with Crippen molar-refractivity contribution in [1.29, 1.82) is 0 Å². The van der Waals surface area contributed by atoms with Gasteiger partial charge < -0.3 is 9.15 Å². The number of hydrogen-bond donors (Lipinski definition) is 1. The summed E-state index contributed by atoms with van der Waals surface area (Å²) in [4.78, 5) is 26.5. The van der Waals surface area contributed by atoms with Gasteiger partial charge in [0.15, 0.2) is 0 Å². The van der Waals surface area contributed by atoms with Gasteiger partial charge in [0.1, 0.15) is 17.3 Å². The van der Waals surface area contributed by atoms with Crippen molar-refractivity contribution in [3.8, 4) is 17.1 Å². The van der Waals surface area contributed by atoms with Gasteiger partial charge in [-0.1, -0.05) is 0 Å². The number of nitro benzene ring substituents is 1. The second-order valence-corrected chi connectivity index (χ2v) is 5.28. The summed E-state index contributed by atoms with van der Waals surface area (Å²) < 4.78 is 10.6. The minimum Gasteiger partial charge on any atom is -0.497 e. The lowest BCUT2D eigenvalue weighted by molar-refractivity contribution is -0.384. The molecule has 0 aliphatic rings. The average Bonchev–Trinajstić information content (AvgIpc) is 3.16. The minimum absolute atomic E-state index is 0.142. The number of aromatic nitrogens is 1. The van der Waals surface area contributed by atoms with Crippen LogP contribution in [-0.4, -0.2) is 29.1 Å². The fraction of sp³-hybridized carbons (Fsp3) is 0.0556. The number of hydrazone groups is 1. The number of rotatable bonds is 6. The summed E-state index contributed by atoms with van der Waals surface area (Å²) in [5.74, 6) is 0.569. The number of methoxy groups -OCH3 is 1. The zero-order valence-electron chi connectivity index (χ0n) is 14.2. The Morgan fingerprint density at radius 3 is 2.89 bits per heavy atom. The molecule has 0 spiro atoms. The Hall–Kier alpha value is -4.01. The first kappa shape index (κ1) is 17.8. The molecule has 136 valence electrons. The molecular weight excluding hydrogens is 352 g/mol. The van der Waals surface area contributed by atoms with Crippen molar-refractivity contribution in [2.24, 2.45) is 5.10 Å². The number of carbonyl (C=O) groups excluding carboxylic acids is 1. The normalized spacial score (nSPS) is 10.7. The number of nitrogens with one attached hydrogen (secondary N) is 1. The summed E-state index contributed by atoms with van der Waals surface area (Å²) in [6, 6.07) is 10.9. The van der Waals surface area contributed by atoms with Crippen molar-refractivity contribution >= 4 is 17.8 Å². The molecule has 0 saturated heterocycles. The van der Waals surface area contributed by atoms with Crippen LogP contribution in [0.4, 0.5) is 5.69 Å². The van der Waals surface area contributed by atoms with Crippen molar-refractivity contribution in [1.82, 2.24) is 10.4 Å². The topological polar surface area (TPSA) is 120 Å². The van der Waals surface area contributed by atoms with E-state index in [1.54, 1.807) is 42.6 Å². The van der Waals surface area contributed by atoms with Crippen molar-refractivity contribution < 1.29 is 18.9 Å². The van der Waals surface area contributed by atoms with Crippen LogP contribution in [0.3, 0.4) is 0 Å². The molecule has 0 fully saturated rings. The van der Waals surface area contributed by atoms with E-state index in [4.69, 9.17) is 9.15 Å². The van der Waals surface area contributed by atoms with E-state index >= 15 is 0 Å². The lowest BCUT2D eigenvalue weighted by atomic mass is 10.1. The summed E-state index contributed by atoms with van der Waals surface area (Å²) in [6.45, 7) is 0. The van der Waals surface area contributed by atoms with E-state index in [1.165, 1.54) is 25.6 Å². The highest BCUT2D eigenvalue weighted by molar-refractivity contribution is 5.94. The summed E-state index contributed by atoms with van der Waals surface area (Å²) in [5, 5.41) is 15.1. The fourth-order valence-electron chi connectivity index (χ4n) is 2.28. The minimum atomic E-state index is -0.512. The molecule has 0 radical (unpaired) electrons. The highest BCUT2D eigenvalue weighted by atomic mass is 16.6. The second-order valence-electron chi connectivity index (χ2n) is 5.28. The molecule has 9 nitrogen and oxygen atoms in total. The van der Waals surface area contributed by atoms with Gasteiger partial charge in [0.25, 0.3) is 11.6 Å². The zero-order chi connectivity index (χ0) is 19.2. The average molecular weight is 366 g/mol. The van der Waals surface area contributed by atoms with Gasteiger partial charge in [-0.05, 0) is 36.4 Å². The Balaban J connectivity index is 1.75. The van der Waals surface area contributed by atoms with Crippen LogP contribution in [-0.2, 0) is 0 Å². The number of benzene rings is 1. The Morgan fingerprint density at radius 1 is 1.33 bits per heavy atom. The van der Waals surface area contributed by atoms with Crippen molar-refractivity contribution in [2.45, 2.75) is 0 Å². The molecular formula is C18H14N4O5. The SMILES string of the molecule is COc1ccc(-c2ccc(/C=N/NC(=O)c3cccnc3)o2)c([N+](=O)[O-])c1. The number of nitrogens with zero attached hydrogens (tertiary/aromatic N) is 3. The Bertz CT molecular complexity index is 998. The van der Waals surface area contributed by atoms with E-state index in [2.05, 4.69) is 15.5 Å². The van der Waals surface area contributed by atoms with Crippen molar-refractivity contribution in [2.75, 3.05) is 7.11 Å². The van der Waals surface area contributed by atoms with Crippen molar-refractivity contribution in [3.05, 3.63) is 76.3 Å². The van der Waals surface area contributed by atoms with Crippen LogP contribution in [0.1, 0.15) is 16.1 Å².